The minimum absolute atomic E-state index is 0.669. The molecule has 0 aliphatic heterocycles. The van der Waals surface area contributed by atoms with Gasteiger partial charge >= 0.3 is 0 Å². The minimum Gasteiger partial charge on any atom is -0.312 e. The number of hydrogen-bond donors (Lipinski definition) is 1. The number of halogens is 1. The van der Waals surface area contributed by atoms with Gasteiger partial charge in [-0.25, -0.2) is 0 Å². The van der Waals surface area contributed by atoms with Crippen LogP contribution in [0.5, 0.6) is 0 Å². The molecule has 2 aromatic heterocycles. The van der Waals surface area contributed by atoms with Crippen molar-refractivity contribution in [2.75, 3.05) is 6.54 Å². The predicted octanol–water partition coefficient (Wildman–Crippen LogP) is 2.83. The fourth-order valence-corrected chi connectivity index (χ4v) is 2.23. The number of rotatable bonds is 6. The Hall–Kier alpha value is -1.20. The lowest BCUT2D eigenvalue weighted by atomic mass is 10.2. The van der Waals surface area contributed by atoms with Gasteiger partial charge in [0, 0.05) is 35.2 Å². The van der Waals surface area contributed by atoms with Crippen LogP contribution in [-0.2, 0) is 13.1 Å². The highest BCUT2D eigenvalue weighted by Crippen LogP contribution is 2.10. The molecule has 0 saturated heterocycles. The van der Waals surface area contributed by atoms with E-state index >= 15 is 0 Å². The second-order valence-corrected chi connectivity index (χ2v) is 6.00. The van der Waals surface area contributed by atoms with Gasteiger partial charge in [0.2, 0.25) is 0 Å². The molecule has 0 radical (unpaired) electrons. The van der Waals surface area contributed by atoms with Crippen LogP contribution in [-0.4, -0.2) is 21.3 Å². The zero-order chi connectivity index (χ0) is 13.7. The highest BCUT2D eigenvalue weighted by molar-refractivity contribution is 9.10. The summed E-state index contributed by atoms with van der Waals surface area (Å²) >= 11 is 3.43. The first kappa shape index (κ1) is 14.2. The molecule has 5 heteroatoms. The van der Waals surface area contributed by atoms with Gasteiger partial charge in [-0.2, -0.15) is 5.10 Å². The van der Waals surface area contributed by atoms with Crippen molar-refractivity contribution in [2.45, 2.75) is 26.9 Å². The van der Waals surface area contributed by atoms with E-state index in [9.17, 15) is 0 Å². The van der Waals surface area contributed by atoms with Crippen LogP contribution < -0.4 is 5.32 Å². The van der Waals surface area contributed by atoms with Crippen molar-refractivity contribution in [3.8, 4) is 0 Å². The molecule has 0 saturated carbocycles. The van der Waals surface area contributed by atoms with E-state index in [1.807, 2.05) is 17.1 Å². The Bertz CT molecular complexity index is 522. The molecule has 0 atom stereocenters. The Balaban J connectivity index is 1.90. The molecule has 0 bridgehead atoms. The molecule has 19 heavy (non-hydrogen) atoms. The fourth-order valence-electron chi connectivity index (χ4n) is 1.82. The third kappa shape index (κ3) is 4.76. The molecule has 0 unspecified atom stereocenters. The standard InChI is InChI=1S/C14H19BrN4/c1-11(2)4-16-6-13-7-18-19(10-13)9-12-3-14(15)8-17-5-12/h3,5,7-8,10-11,16H,4,6,9H2,1-2H3. The molecule has 0 spiro atoms. The average Bonchev–Trinajstić information content (AvgIpc) is 2.76. The molecule has 2 heterocycles. The molecule has 102 valence electrons. The molecule has 0 amide bonds. The number of hydrogen-bond acceptors (Lipinski definition) is 3. The van der Waals surface area contributed by atoms with E-state index in [2.05, 4.69) is 57.4 Å². The van der Waals surface area contributed by atoms with Gasteiger partial charge in [0.1, 0.15) is 0 Å². The van der Waals surface area contributed by atoms with E-state index in [0.717, 1.165) is 29.7 Å². The number of aromatic nitrogens is 3. The smallest absolute Gasteiger partial charge is 0.0674 e. The molecular weight excluding hydrogens is 304 g/mol. The second kappa shape index (κ2) is 6.82. The summed E-state index contributed by atoms with van der Waals surface area (Å²) in [5.74, 6) is 0.669. The van der Waals surface area contributed by atoms with Gasteiger partial charge in [-0.3, -0.25) is 9.67 Å². The maximum absolute atomic E-state index is 4.37. The lowest BCUT2D eigenvalue weighted by Gasteiger charge is -2.05. The maximum atomic E-state index is 4.37. The number of pyridine rings is 1. The maximum Gasteiger partial charge on any atom is 0.0674 e. The Morgan fingerprint density at radius 1 is 1.26 bits per heavy atom. The van der Waals surface area contributed by atoms with Gasteiger partial charge in [-0.05, 0) is 40.0 Å². The van der Waals surface area contributed by atoms with Gasteiger partial charge in [0.15, 0.2) is 0 Å². The zero-order valence-electron chi connectivity index (χ0n) is 11.3. The van der Waals surface area contributed by atoms with Crippen molar-refractivity contribution >= 4 is 15.9 Å². The second-order valence-electron chi connectivity index (χ2n) is 5.08. The lowest BCUT2D eigenvalue weighted by Crippen LogP contribution is -2.18. The van der Waals surface area contributed by atoms with Gasteiger partial charge in [-0.1, -0.05) is 13.8 Å². The quantitative estimate of drug-likeness (QED) is 0.889. The van der Waals surface area contributed by atoms with Crippen LogP contribution in [0.2, 0.25) is 0 Å². The van der Waals surface area contributed by atoms with Crippen LogP contribution in [0.15, 0.2) is 35.3 Å². The molecule has 2 rings (SSSR count). The summed E-state index contributed by atoms with van der Waals surface area (Å²) in [6.45, 7) is 7.06. The summed E-state index contributed by atoms with van der Waals surface area (Å²) in [7, 11) is 0. The lowest BCUT2D eigenvalue weighted by molar-refractivity contribution is 0.552. The van der Waals surface area contributed by atoms with Crippen molar-refractivity contribution < 1.29 is 0 Å². The van der Waals surface area contributed by atoms with E-state index < -0.39 is 0 Å². The number of nitrogens with zero attached hydrogens (tertiary/aromatic N) is 3. The van der Waals surface area contributed by atoms with Crippen LogP contribution in [0.3, 0.4) is 0 Å². The first-order valence-electron chi connectivity index (χ1n) is 6.45. The van der Waals surface area contributed by atoms with Gasteiger partial charge in [0.05, 0.1) is 12.7 Å². The first-order chi connectivity index (χ1) is 9.13. The van der Waals surface area contributed by atoms with Crippen LogP contribution in [0, 0.1) is 5.92 Å². The number of nitrogens with one attached hydrogen (secondary N) is 1. The van der Waals surface area contributed by atoms with E-state index in [0.29, 0.717) is 5.92 Å². The van der Waals surface area contributed by atoms with E-state index in [1.165, 1.54) is 5.56 Å². The van der Waals surface area contributed by atoms with Crippen molar-refractivity contribution in [3.63, 3.8) is 0 Å². The Morgan fingerprint density at radius 3 is 2.84 bits per heavy atom. The third-order valence-electron chi connectivity index (χ3n) is 2.67. The minimum atomic E-state index is 0.669. The van der Waals surface area contributed by atoms with Crippen LogP contribution in [0.1, 0.15) is 25.0 Å². The summed E-state index contributed by atoms with van der Waals surface area (Å²) in [6, 6.07) is 2.06. The normalized spacial score (nSPS) is 11.2. The Morgan fingerprint density at radius 2 is 2.11 bits per heavy atom. The molecule has 2 aromatic rings. The fraction of sp³-hybridized carbons (Fsp3) is 0.429. The van der Waals surface area contributed by atoms with Crippen molar-refractivity contribution in [1.82, 2.24) is 20.1 Å². The van der Waals surface area contributed by atoms with Crippen molar-refractivity contribution in [3.05, 3.63) is 46.5 Å². The van der Waals surface area contributed by atoms with Crippen LogP contribution >= 0.6 is 15.9 Å². The molecule has 0 fully saturated rings. The highest BCUT2D eigenvalue weighted by Gasteiger charge is 2.01. The molecule has 0 aromatic carbocycles. The highest BCUT2D eigenvalue weighted by atomic mass is 79.9. The van der Waals surface area contributed by atoms with Crippen molar-refractivity contribution in [1.29, 1.82) is 0 Å². The van der Waals surface area contributed by atoms with Gasteiger partial charge in [-0.15, -0.1) is 0 Å². The summed E-state index contributed by atoms with van der Waals surface area (Å²) in [5, 5.41) is 7.79. The average molecular weight is 323 g/mol. The van der Waals surface area contributed by atoms with E-state index in [1.54, 1.807) is 6.20 Å². The summed E-state index contributed by atoms with van der Waals surface area (Å²) in [5.41, 5.74) is 2.35. The Kier molecular flexibility index (Phi) is 5.10. The van der Waals surface area contributed by atoms with Gasteiger partial charge in [0.25, 0.3) is 0 Å². The van der Waals surface area contributed by atoms with E-state index in [-0.39, 0.29) is 0 Å². The molecule has 1 N–H and O–H groups in total. The van der Waals surface area contributed by atoms with Gasteiger partial charge < -0.3 is 5.32 Å². The molecule has 4 nitrogen and oxygen atoms in total. The monoisotopic (exact) mass is 322 g/mol. The SMILES string of the molecule is CC(C)CNCc1cnn(Cc2cncc(Br)c2)c1. The summed E-state index contributed by atoms with van der Waals surface area (Å²) in [6.07, 6.45) is 7.64. The first-order valence-corrected chi connectivity index (χ1v) is 7.24. The molecule has 0 aliphatic rings. The summed E-state index contributed by atoms with van der Waals surface area (Å²) in [4.78, 5) is 4.16. The largest absolute Gasteiger partial charge is 0.312 e. The van der Waals surface area contributed by atoms with Crippen LogP contribution in [0.25, 0.3) is 0 Å². The molecule has 0 aliphatic carbocycles. The summed E-state index contributed by atoms with van der Waals surface area (Å²) < 4.78 is 2.94. The van der Waals surface area contributed by atoms with E-state index in [4.69, 9.17) is 0 Å². The Labute approximate surface area is 122 Å². The van der Waals surface area contributed by atoms with Crippen molar-refractivity contribution in [2.24, 2.45) is 5.92 Å². The zero-order valence-corrected chi connectivity index (χ0v) is 12.9. The topological polar surface area (TPSA) is 42.7 Å². The predicted molar refractivity (Wildman–Crippen MR) is 79.8 cm³/mol. The third-order valence-corrected chi connectivity index (χ3v) is 3.11. The van der Waals surface area contributed by atoms with Crippen LogP contribution in [0.4, 0.5) is 0 Å². The molecular formula is C14H19BrN4.